The van der Waals surface area contributed by atoms with E-state index in [4.69, 9.17) is 4.74 Å². The zero-order valence-corrected chi connectivity index (χ0v) is 10.9. The molecule has 0 saturated carbocycles. The molecular formula is C13H18O2S. The van der Waals surface area contributed by atoms with Gasteiger partial charge in [0.05, 0.1) is 7.11 Å². The first-order valence-corrected chi connectivity index (χ1v) is 5.89. The summed E-state index contributed by atoms with van der Waals surface area (Å²) in [6.07, 6.45) is 1.52. The van der Waals surface area contributed by atoms with Gasteiger partial charge in [0.1, 0.15) is 5.75 Å². The van der Waals surface area contributed by atoms with Gasteiger partial charge in [-0.25, -0.2) is 0 Å². The van der Waals surface area contributed by atoms with Crippen LogP contribution in [0.2, 0.25) is 0 Å². The van der Waals surface area contributed by atoms with Crippen LogP contribution in [0.1, 0.15) is 37.0 Å². The van der Waals surface area contributed by atoms with Gasteiger partial charge in [-0.1, -0.05) is 13.8 Å². The molecular weight excluding hydrogens is 220 g/mol. The first-order valence-electron chi connectivity index (χ1n) is 5.44. The molecule has 0 radical (unpaired) electrons. The number of methoxy groups -OCH3 is 1. The summed E-state index contributed by atoms with van der Waals surface area (Å²) in [6.45, 7) is 4.23. The first kappa shape index (κ1) is 13.1. The molecule has 1 rings (SSSR count). The van der Waals surface area contributed by atoms with Crippen molar-refractivity contribution < 1.29 is 9.53 Å². The summed E-state index contributed by atoms with van der Waals surface area (Å²) in [5.41, 5.74) is 0.714. The van der Waals surface area contributed by atoms with Crippen molar-refractivity contribution in [3.05, 3.63) is 23.8 Å². The fraction of sp³-hybridized carbons (Fsp3) is 0.462. The van der Waals surface area contributed by atoms with E-state index in [2.05, 4.69) is 26.5 Å². The lowest BCUT2D eigenvalue weighted by Gasteiger charge is -2.07. The molecule has 0 spiro atoms. The van der Waals surface area contributed by atoms with Gasteiger partial charge in [0, 0.05) is 16.9 Å². The van der Waals surface area contributed by atoms with Gasteiger partial charge in [0.25, 0.3) is 0 Å². The van der Waals surface area contributed by atoms with Crippen molar-refractivity contribution in [2.75, 3.05) is 7.11 Å². The Kier molecular flexibility index (Phi) is 4.87. The monoisotopic (exact) mass is 238 g/mol. The van der Waals surface area contributed by atoms with E-state index in [9.17, 15) is 4.79 Å². The van der Waals surface area contributed by atoms with E-state index in [1.54, 1.807) is 25.3 Å². The van der Waals surface area contributed by atoms with Crippen molar-refractivity contribution in [2.45, 2.75) is 31.6 Å². The number of Topliss-reactive ketones (excluding diaryl/α,β-unsaturated/α-hetero) is 1. The third-order valence-electron chi connectivity index (χ3n) is 2.45. The van der Waals surface area contributed by atoms with Crippen LogP contribution >= 0.6 is 12.6 Å². The van der Waals surface area contributed by atoms with E-state index in [0.717, 1.165) is 6.42 Å². The summed E-state index contributed by atoms with van der Waals surface area (Å²) < 4.78 is 5.09. The predicted molar refractivity (Wildman–Crippen MR) is 68.6 cm³/mol. The Labute approximate surface area is 102 Å². The van der Waals surface area contributed by atoms with Crippen molar-refractivity contribution in [1.29, 1.82) is 0 Å². The molecule has 0 N–H and O–H groups in total. The van der Waals surface area contributed by atoms with Crippen LogP contribution in [-0.2, 0) is 0 Å². The highest BCUT2D eigenvalue weighted by atomic mass is 32.1. The van der Waals surface area contributed by atoms with Gasteiger partial charge in [-0.15, -0.1) is 12.6 Å². The Morgan fingerprint density at radius 3 is 2.62 bits per heavy atom. The average Bonchev–Trinajstić information content (AvgIpc) is 2.25. The van der Waals surface area contributed by atoms with Crippen molar-refractivity contribution in [3.8, 4) is 5.75 Å². The smallest absolute Gasteiger partial charge is 0.162 e. The molecule has 0 saturated heterocycles. The molecule has 0 heterocycles. The normalized spacial score (nSPS) is 10.6. The molecule has 0 aliphatic carbocycles. The maximum Gasteiger partial charge on any atom is 0.162 e. The summed E-state index contributed by atoms with van der Waals surface area (Å²) in [5.74, 6) is 1.42. The number of carbonyl (C=O) groups excluding carboxylic acids is 1. The zero-order chi connectivity index (χ0) is 12.1. The largest absolute Gasteiger partial charge is 0.496 e. The van der Waals surface area contributed by atoms with Gasteiger partial charge in [0.2, 0.25) is 0 Å². The highest BCUT2D eigenvalue weighted by Gasteiger charge is 2.09. The second kappa shape index (κ2) is 5.94. The van der Waals surface area contributed by atoms with Crippen LogP contribution in [0.4, 0.5) is 0 Å². The van der Waals surface area contributed by atoms with Crippen LogP contribution in [0.25, 0.3) is 0 Å². The Bertz CT molecular complexity index is 372. The van der Waals surface area contributed by atoms with Crippen molar-refractivity contribution in [3.63, 3.8) is 0 Å². The highest BCUT2D eigenvalue weighted by molar-refractivity contribution is 7.80. The number of hydrogen-bond donors (Lipinski definition) is 1. The summed E-state index contributed by atoms with van der Waals surface area (Å²) in [7, 11) is 1.59. The maximum absolute atomic E-state index is 11.8. The lowest BCUT2D eigenvalue weighted by Crippen LogP contribution is -2.01. The molecule has 0 fully saturated rings. The third-order valence-corrected chi connectivity index (χ3v) is 2.80. The van der Waals surface area contributed by atoms with E-state index in [-0.39, 0.29) is 5.78 Å². The van der Waals surface area contributed by atoms with E-state index >= 15 is 0 Å². The minimum Gasteiger partial charge on any atom is -0.496 e. The average molecular weight is 238 g/mol. The molecule has 0 bridgehead atoms. The molecule has 1 aromatic carbocycles. The molecule has 0 aromatic heterocycles. The van der Waals surface area contributed by atoms with E-state index in [0.29, 0.717) is 28.5 Å². The van der Waals surface area contributed by atoms with Crippen LogP contribution in [0.15, 0.2) is 23.1 Å². The Balaban J connectivity index is 2.73. The number of ether oxygens (including phenoxy) is 1. The molecule has 0 amide bonds. The second-order valence-electron chi connectivity index (χ2n) is 4.24. The highest BCUT2D eigenvalue weighted by Crippen LogP contribution is 2.24. The summed E-state index contributed by atoms with van der Waals surface area (Å²) in [6, 6.07) is 5.34. The van der Waals surface area contributed by atoms with Gasteiger partial charge in [-0.2, -0.15) is 0 Å². The van der Waals surface area contributed by atoms with Crippen molar-refractivity contribution in [1.82, 2.24) is 0 Å². The quantitative estimate of drug-likeness (QED) is 0.626. The summed E-state index contributed by atoms with van der Waals surface area (Å²) in [5, 5.41) is 0. The number of benzene rings is 1. The molecule has 0 unspecified atom stereocenters. The van der Waals surface area contributed by atoms with Crippen LogP contribution in [0.3, 0.4) is 0 Å². The number of hydrogen-bond acceptors (Lipinski definition) is 3. The van der Waals surface area contributed by atoms with Gasteiger partial charge >= 0.3 is 0 Å². The SMILES string of the molecule is COc1ccc(C(=O)CCC(C)C)cc1S. The maximum atomic E-state index is 11.8. The van der Waals surface area contributed by atoms with E-state index < -0.39 is 0 Å². The fourth-order valence-electron chi connectivity index (χ4n) is 1.43. The lowest BCUT2D eigenvalue weighted by atomic mass is 10.0. The molecule has 0 aliphatic heterocycles. The first-order chi connectivity index (χ1) is 7.54. The molecule has 0 aliphatic rings. The van der Waals surface area contributed by atoms with Crippen LogP contribution in [0.5, 0.6) is 5.75 Å². The molecule has 3 heteroatoms. The van der Waals surface area contributed by atoms with Crippen LogP contribution in [-0.4, -0.2) is 12.9 Å². The van der Waals surface area contributed by atoms with Gasteiger partial charge in [0.15, 0.2) is 5.78 Å². The standard InChI is InChI=1S/C13H18O2S/c1-9(2)4-6-11(14)10-5-7-12(15-3)13(16)8-10/h5,7-9,16H,4,6H2,1-3H3. The molecule has 88 valence electrons. The topological polar surface area (TPSA) is 26.3 Å². The third kappa shape index (κ3) is 3.56. The fourth-order valence-corrected chi connectivity index (χ4v) is 1.73. The number of carbonyl (C=O) groups is 1. The summed E-state index contributed by atoms with van der Waals surface area (Å²) in [4.78, 5) is 12.5. The number of ketones is 1. The van der Waals surface area contributed by atoms with Gasteiger partial charge in [-0.05, 0) is 30.5 Å². The Morgan fingerprint density at radius 1 is 1.44 bits per heavy atom. The Morgan fingerprint density at radius 2 is 2.12 bits per heavy atom. The van der Waals surface area contributed by atoms with Crippen molar-refractivity contribution >= 4 is 18.4 Å². The lowest BCUT2D eigenvalue weighted by molar-refractivity contribution is 0.0975. The van der Waals surface area contributed by atoms with Crippen molar-refractivity contribution in [2.24, 2.45) is 5.92 Å². The Hall–Kier alpha value is -0.960. The molecule has 0 atom stereocenters. The molecule has 1 aromatic rings. The van der Waals surface area contributed by atoms with Crippen LogP contribution in [0, 0.1) is 5.92 Å². The minimum atomic E-state index is 0.173. The van der Waals surface area contributed by atoms with E-state index in [1.165, 1.54) is 0 Å². The molecule has 16 heavy (non-hydrogen) atoms. The van der Waals surface area contributed by atoms with Gasteiger partial charge in [-0.3, -0.25) is 4.79 Å². The zero-order valence-electron chi connectivity index (χ0n) is 9.99. The predicted octanol–water partition coefficient (Wildman–Crippen LogP) is 3.60. The number of rotatable bonds is 5. The summed E-state index contributed by atoms with van der Waals surface area (Å²) >= 11 is 4.27. The second-order valence-corrected chi connectivity index (χ2v) is 4.72. The minimum absolute atomic E-state index is 0.173. The number of thiol groups is 1. The molecule has 2 nitrogen and oxygen atoms in total. The van der Waals surface area contributed by atoms with E-state index in [1.807, 2.05) is 0 Å². The van der Waals surface area contributed by atoms with Crippen LogP contribution < -0.4 is 4.74 Å². The van der Waals surface area contributed by atoms with Gasteiger partial charge < -0.3 is 4.74 Å².